The summed E-state index contributed by atoms with van der Waals surface area (Å²) in [5.41, 5.74) is 1.36. The van der Waals surface area contributed by atoms with Gasteiger partial charge in [0.05, 0.1) is 7.11 Å². The summed E-state index contributed by atoms with van der Waals surface area (Å²) in [6.45, 7) is 2.48. The number of ether oxygens (including phenoxy) is 2. The first-order chi connectivity index (χ1) is 9.88. The summed E-state index contributed by atoms with van der Waals surface area (Å²) < 4.78 is 10.7. The Morgan fingerprint density at radius 3 is 2.25 bits per heavy atom. The van der Waals surface area contributed by atoms with E-state index in [0.717, 1.165) is 31.0 Å². The van der Waals surface area contributed by atoms with Gasteiger partial charge >= 0.3 is 0 Å². The molecule has 0 aliphatic heterocycles. The molecule has 0 heterocycles. The van der Waals surface area contributed by atoms with Crippen molar-refractivity contribution in [3.8, 4) is 11.5 Å². The predicted molar refractivity (Wildman–Crippen MR) is 81.5 cm³/mol. The molecule has 0 saturated carbocycles. The van der Waals surface area contributed by atoms with Crippen molar-refractivity contribution in [3.05, 3.63) is 60.2 Å². The van der Waals surface area contributed by atoms with E-state index in [1.54, 1.807) is 7.11 Å². The maximum Gasteiger partial charge on any atom is 0.119 e. The Hall–Kier alpha value is -2.00. The molecule has 0 atom stereocenters. The number of nitrogens with one attached hydrogen (secondary N) is 1. The number of hydrogen-bond acceptors (Lipinski definition) is 3. The van der Waals surface area contributed by atoms with E-state index in [4.69, 9.17) is 9.47 Å². The maximum atomic E-state index is 5.64. The van der Waals surface area contributed by atoms with E-state index in [-0.39, 0.29) is 0 Å². The van der Waals surface area contributed by atoms with Crippen molar-refractivity contribution < 1.29 is 9.47 Å². The Labute approximate surface area is 120 Å². The highest BCUT2D eigenvalue weighted by Crippen LogP contribution is 2.16. The van der Waals surface area contributed by atoms with Gasteiger partial charge in [-0.25, -0.2) is 0 Å². The summed E-state index contributed by atoms with van der Waals surface area (Å²) in [7, 11) is 1.66. The van der Waals surface area contributed by atoms with Gasteiger partial charge in [0.2, 0.25) is 0 Å². The molecular weight excluding hydrogens is 250 g/mol. The molecule has 0 amide bonds. The molecule has 0 spiro atoms. The van der Waals surface area contributed by atoms with E-state index < -0.39 is 0 Å². The van der Waals surface area contributed by atoms with Crippen LogP contribution in [0.4, 0.5) is 0 Å². The third kappa shape index (κ3) is 4.94. The van der Waals surface area contributed by atoms with Gasteiger partial charge in [-0.3, -0.25) is 0 Å². The first kappa shape index (κ1) is 14.4. The average molecular weight is 271 g/mol. The molecule has 0 saturated heterocycles. The third-order valence-electron chi connectivity index (χ3n) is 3.04. The highest BCUT2D eigenvalue weighted by atomic mass is 16.5. The van der Waals surface area contributed by atoms with Gasteiger partial charge in [-0.2, -0.15) is 0 Å². The van der Waals surface area contributed by atoms with E-state index in [1.807, 2.05) is 30.3 Å². The van der Waals surface area contributed by atoms with Crippen molar-refractivity contribution >= 4 is 0 Å². The summed E-state index contributed by atoms with van der Waals surface area (Å²) in [5, 5.41) is 3.38. The monoisotopic (exact) mass is 271 g/mol. The van der Waals surface area contributed by atoms with Crippen LogP contribution >= 0.6 is 0 Å². The van der Waals surface area contributed by atoms with Crippen LogP contribution in [0.1, 0.15) is 5.56 Å². The van der Waals surface area contributed by atoms with Gasteiger partial charge in [0.15, 0.2) is 0 Å². The van der Waals surface area contributed by atoms with Gasteiger partial charge in [-0.15, -0.1) is 0 Å². The molecule has 0 aliphatic carbocycles. The van der Waals surface area contributed by atoms with Crippen molar-refractivity contribution in [2.45, 2.75) is 6.42 Å². The van der Waals surface area contributed by atoms with Crippen molar-refractivity contribution in [2.75, 3.05) is 26.8 Å². The smallest absolute Gasteiger partial charge is 0.119 e. The molecule has 2 rings (SSSR count). The van der Waals surface area contributed by atoms with Gasteiger partial charge < -0.3 is 14.8 Å². The van der Waals surface area contributed by atoms with E-state index in [9.17, 15) is 0 Å². The van der Waals surface area contributed by atoms with Gasteiger partial charge in [0.25, 0.3) is 0 Å². The highest BCUT2D eigenvalue weighted by Gasteiger charge is 1.95. The topological polar surface area (TPSA) is 30.5 Å². The van der Waals surface area contributed by atoms with E-state index >= 15 is 0 Å². The number of hydrogen-bond donors (Lipinski definition) is 1. The Bertz CT molecular complexity index is 482. The normalized spacial score (nSPS) is 10.2. The Kier molecular flexibility index (Phi) is 5.93. The average Bonchev–Trinajstić information content (AvgIpc) is 2.52. The second kappa shape index (κ2) is 8.23. The molecule has 0 radical (unpaired) electrons. The fraction of sp³-hybridized carbons (Fsp3) is 0.294. The molecule has 0 unspecified atom stereocenters. The number of benzene rings is 2. The maximum absolute atomic E-state index is 5.64. The quantitative estimate of drug-likeness (QED) is 0.749. The lowest BCUT2D eigenvalue weighted by atomic mass is 10.1. The lowest BCUT2D eigenvalue weighted by Gasteiger charge is -2.08. The Morgan fingerprint density at radius 2 is 1.55 bits per heavy atom. The summed E-state index contributed by atoms with van der Waals surface area (Å²) in [6, 6.07) is 18.1. The van der Waals surface area contributed by atoms with Crippen molar-refractivity contribution in [1.29, 1.82) is 0 Å². The molecule has 1 N–H and O–H groups in total. The van der Waals surface area contributed by atoms with Crippen molar-refractivity contribution in [3.63, 3.8) is 0 Å². The summed E-state index contributed by atoms with van der Waals surface area (Å²) in [6.07, 6.45) is 1.05. The van der Waals surface area contributed by atoms with Crippen LogP contribution in [0.25, 0.3) is 0 Å². The molecule has 20 heavy (non-hydrogen) atoms. The van der Waals surface area contributed by atoms with Crippen LogP contribution in [0.5, 0.6) is 11.5 Å². The fourth-order valence-electron chi connectivity index (χ4n) is 1.92. The van der Waals surface area contributed by atoms with Crippen LogP contribution < -0.4 is 14.8 Å². The van der Waals surface area contributed by atoms with E-state index in [1.165, 1.54) is 5.56 Å². The van der Waals surface area contributed by atoms with Gasteiger partial charge in [-0.1, -0.05) is 30.3 Å². The van der Waals surface area contributed by atoms with E-state index in [2.05, 4.69) is 29.6 Å². The zero-order chi connectivity index (χ0) is 14.0. The van der Waals surface area contributed by atoms with Crippen molar-refractivity contribution in [2.24, 2.45) is 0 Å². The number of methoxy groups -OCH3 is 1. The van der Waals surface area contributed by atoms with Crippen LogP contribution in [0.3, 0.4) is 0 Å². The van der Waals surface area contributed by atoms with Crippen molar-refractivity contribution in [1.82, 2.24) is 5.32 Å². The first-order valence-corrected chi connectivity index (χ1v) is 6.90. The molecule has 2 aromatic rings. The molecule has 2 aromatic carbocycles. The van der Waals surface area contributed by atoms with Crippen LogP contribution in [-0.4, -0.2) is 26.8 Å². The Balaban J connectivity index is 1.57. The van der Waals surface area contributed by atoms with Gasteiger partial charge in [-0.05, 0) is 42.8 Å². The molecule has 0 bridgehead atoms. The first-order valence-electron chi connectivity index (χ1n) is 6.90. The van der Waals surface area contributed by atoms with Gasteiger partial charge in [0, 0.05) is 6.54 Å². The Morgan fingerprint density at radius 1 is 0.850 bits per heavy atom. The third-order valence-corrected chi connectivity index (χ3v) is 3.04. The van der Waals surface area contributed by atoms with E-state index in [0.29, 0.717) is 6.61 Å². The molecule has 0 aromatic heterocycles. The standard InChI is InChI=1S/C17H21NO2/c1-19-16-7-9-17(10-8-16)20-14-13-18-12-11-15-5-3-2-4-6-15/h2-10,18H,11-14H2,1H3. The minimum absolute atomic E-state index is 0.668. The van der Waals surface area contributed by atoms with Crippen LogP contribution in [0.15, 0.2) is 54.6 Å². The lowest BCUT2D eigenvalue weighted by molar-refractivity contribution is 0.313. The zero-order valence-corrected chi connectivity index (χ0v) is 11.8. The molecule has 106 valence electrons. The largest absolute Gasteiger partial charge is 0.497 e. The lowest BCUT2D eigenvalue weighted by Crippen LogP contribution is -2.23. The summed E-state index contributed by atoms with van der Waals surface area (Å²) in [5.74, 6) is 1.72. The van der Waals surface area contributed by atoms with Gasteiger partial charge in [0.1, 0.15) is 18.1 Å². The number of rotatable bonds is 8. The highest BCUT2D eigenvalue weighted by molar-refractivity contribution is 5.31. The molecule has 3 nitrogen and oxygen atoms in total. The molecule has 3 heteroatoms. The predicted octanol–water partition coefficient (Wildman–Crippen LogP) is 2.91. The minimum Gasteiger partial charge on any atom is -0.497 e. The second-order valence-corrected chi connectivity index (χ2v) is 4.51. The van der Waals surface area contributed by atoms with Crippen LogP contribution in [0.2, 0.25) is 0 Å². The zero-order valence-electron chi connectivity index (χ0n) is 11.8. The fourth-order valence-corrected chi connectivity index (χ4v) is 1.92. The molecular formula is C17H21NO2. The second-order valence-electron chi connectivity index (χ2n) is 4.51. The van der Waals surface area contributed by atoms with Crippen LogP contribution in [0, 0.1) is 0 Å². The summed E-state index contributed by atoms with van der Waals surface area (Å²) >= 11 is 0. The molecule has 0 fully saturated rings. The SMILES string of the molecule is COc1ccc(OCCNCCc2ccccc2)cc1. The van der Waals surface area contributed by atoms with Crippen LogP contribution in [-0.2, 0) is 6.42 Å². The molecule has 0 aliphatic rings. The summed E-state index contributed by atoms with van der Waals surface area (Å²) in [4.78, 5) is 0. The minimum atomic E-state index is 0.668.